The molecule has 0 bridgehead atoms. The molecule has 17 heavy (non-hydrogen) atoms. The molecular formula is C12H13N3O2. The summed E-state index contributed by atoms with van der Waals surface area (Å²) in [4.78, 5) is 15.7. The van der Waals surface area contributed by atoms with Crippen molar-refractivity contribution in [1.29, 1.82) is 5.41 Å². The Hall–Kier alpha value is -2.17. The molecule has 0 unspecified atom stereocenters. The van der Waals surface area contributed by atoms with Gasteiger partial charge in [0.1, 0.15) is 16.7 Å². The number of esters is 1. The van der Waals surface area contributed by atoms with Crippen LogP contribution in [0.2, 0.25) is 0 Å². The van der Waals surface area contributed by atoms with Gasteiger partial charge in [0.25, 0.3) is 0 Å². The number of fused-ring (bicyclic) bond motifs is 1. The van der Waals surface area contributed by atoms with Crippen LogP contribution in [0.1, 0.15) is 22.8 Å². The molecule has 0 amide bonds. The highest BCUT2D eigenvalue weighted by molar-refractivity contribution is 5.88. The molecule has 0 aliphatic heterocycles. The van der Waals surface area contributed by atoms with Gasteiger partial charge >= 0.3 is 5.97 Å². The van der Waals surface area contributed by atoms with Crippen molar-refractivity contribution in [3.05, 3.63) is 41.1 Å². The van der Waals surface area contributed by atoms with Crippen LogP contribution in [0, 0.1) is 12.3 Å². The minimum atomic E-state index is -0.514. The highest BCUT2D eigenvalue weighted by Gasteiger charge is 2.11. The van der Waals surface area contributed by atoms with Crippen molar-refractivity contribution >= 4 is 11.6 Å². The number of ether oxygens (including phenoxy) is 1. The Labute approximate surface area is 98.2 Å². The number of hydrogen-bond acceptors (Lipinski definition) is 4. The molecule has 5 nitrogen and oxygen atoms in total. The Morgan fingerprint density at radius 2 is 2.35 bits per heavy atom. The number of nitrogens with zero attached hydrogens (tertiary/aromatic N) is 2. The Balaban J connectivity index is 2.62. The quantitative estimate of drug-likeness (QED) is 0.792. The second kappa shape index (κ2) is 4.37. The molecule has 0 radical (unpaired) electrons. The summed E-state index contributed by atoms with van der Waals surface area (Å²) in [5.74, 6) is -0.514. The number of pyridine rings is 1. The SMILES string of the molecule is CCOC(=O)c1cnc2cc(C)ccn2c1=N. The number of carbonyl (C=O) groups is 1. The molecule has 0 spiro atoms. The number of aromatic nitrogens is 2. The van der Waals surface area contributed by atoms with E-state index in [0.717, 1.165) is 5.56 Å². The maximum absolute atomic E-state index is 11.6. The number of aryl methyl sites for hydroxylation is 1. The first-order valence-corrected chi connectivity index (χ1v) is 5.33. The molecule has 2 aromatic rings. The molecule has 88 valence electrons. The molecule has 0 aromatic carbocycles. The average molecular weight is 231 g/mol. The Morgan fingerprint density at radius 3 is 3.06 bits per heavy atom. The summed E-state index contributed by atoms with van der Waals surface area (Å²) in [6.07, 6.45) is 3.11. The Morgan fingerprint density at radius 1 is 1.59 bits per heavy atom. The maximum Gasteiger partial charge on any atom is 0.343 e. The molecule has 2 heterocycles. The largest absolute Gasteiger partial charge is 0.462 e. The molecule has 5 heteroatoms. The van der Waals surface area contributed by atoms with Crippen LogP contribution in [0.5, 0.6) is 0 Å². The fourth-order valence-corrected chi connectivity index (χ4v) is 1.56. The zero-order chi connectivity index (χ0) is 12.4. The third kappa shape index (κ3) is 2.04. The summed E-state index contributed by atoms with van der Waals surface area (Å²) in [6, 6.07) is 3.72. The fraction of sp³-hybridized carbons (Fsp3) is 0.250. The van der Waals surface area contributed by atoms with Gasteiger partial charge in [0.05, 0.1) is 6.61 Å². The first-order valence-electron chi connectivity index (χ1n) is 5.33. The Kier molecular flexibility index (Phi) is 2.91. The van der Waals surface area contributed by atoms with Crippen molar-refractivity contribution in [1.82, 2.24) is 9.38 Å². The smallest absolute Gasteiger partial charge is 0.343 e. The van der Waals surface area contributed by atoms with Crippen molar-refractivity contribution in [3.8, 4) is 0 Å². The van der Waals surface area contributed by atoms with Gasteiger partial charge in [0.2, 0.25) is 0 Å². The summed E-state index contributed by atoms with van der Waals surface area (Å²) in [7, 11) is 0. The molecule has 0 aliphatic rings. The number of hydrogen-bond donors (Lipinski definition) is 1. The molecule has 2 rings (SSSR count). The van der Waals surface area contributed by atoms with Crippen LogP contribution in [-0.4, -0.2) is 22.0 Å². The van der Waals surface area contributed by atoms with E-state index in [-0.39, 0.29) is 17.7 Å². The molecule has 0 fully saturated rings. The van der Waals surface area contributed by atoms with Gasteiger partial charge in [-0.2, -0.15) is 0 Å². The van der Waals surface area contributed by atoms with Crippen LogP contribution in [0.3, 0.4) is 0 Å². The van der Waals surface area contributed by atoms with E-state index in [9.17, 15) is 4.79 Å². The van der Waals surface area contributed by atoms with E-state index in [1.807, 2.05) is 19.1 Å². The van der Waals surface area contributed by atoms with Crippen LogP contribution in [0.4, 0.5) is 0 Å². The van der Waals surface area contributed by atoms with Crippen molar-refractivity contribution in [2.24, 2.45) is 0 Å². The lowest BCUT2D eigenvalue weighted by Gasteiger charge is -2.06. The third-order valence-electron chi connectivity index (χ3n) is 2.41. The predicted octanol–water partition coefficient (Wildman–Crippen LogP) is 1.30. The molecule has 0 saturated carbocycles. The normalized spacial score (nSPS) is 10.5. The third-order valence-corrected chi connectivity index (χ3v) is 2.41. The van der Waals surface area contributed by atoms with Crippen LogP contribution in [0.15, 0.2) is 24.5 Å². The summed E-state index contributed by atoms with van der Waals surface area (Å²) >= 11 is 0. The second-order valence-electron chi connectivity index (χ2n) is 3.67. The van der Waals surface area contributed by atoms with Crippen molar-refractivity contribution in [2.45, 2.75) is 13.8 Å². The average Bonchev–Trinajstić information content (AvgIpc) is 2.29. The van der Waals surface area contributed by atoms with E-state index in [1.165, 1.54) is 6.20 Å². The number of carbonyl (C=O) groups excluding carboxylic acids is 1. The first kappa shape index (κ1) is 11.3. The van der Waals surface area contributed by atoms with E-state index in [1.54, 1.807) is 17.5 Å². The summed E-state index contributed by atoms with van der Waals surface area (Å²) in [5, 5.41) is 7.94. The van der Waals surface area contributed by atoms with Gasteiger partial charge in [0.15, 0.2) is 0 Å². The van der Waals surface area contributed by atoms with E-state index < -0.39 is 5.97 Å². The van der Waals surface area contributed by atoms with Crippen molar-refractivity contribution < 1.29 is 9.53 Å². The zero-order valence-corrected chi connectivity index (χ0v) is 9.73. The highest BCUT2D eigenvalue weighted by atomic mass is 16.5. The fourth-order valence-electron chi connectivity index (χ4n) is 1.56. The topological polar surface area (TPSA) is 67.4 Å². The van der Waals surface area contributed by atoms with Gasteiger partial charge < -0.3 is 4.74 Å². The van der Waals surface area contributed by atoms with Crippen molar-refractivity contribution in [3.63, 3.8) is 0 Å². The monoisotopic (exact) mass is 231 g/mol. The summed E-state index contributed by atoms with van der Waals surface area (Å²) in [6.45, 7) is 3.96. The van der Waals surface area contributed by atoms with Crippen LogP contribution in [-0.2, 0) is 4.74 Å². The van der Waals surface area contributed by atoms with Gasteiger partial charge in [-0.05, 0) is 31.5 Å². The van der Waals surface area contributed by atoms with E-state index in [2.05, 4.69) is 4.98 Å². The van der Waals surface area contributed by atoms with Gasteiger partial charge in [-0.15, -0.1) is 0 Å². The minimum absolute atomic E-state index is 0.0912. The van der Waals surface area contributed by atoms with Crippen LogP contribution >= 0.6 is 0 Å². The Bertz CT molecular complexity index is 631. The standard InChI is InChI=1S/C12H13N3O2/c1-3-17-12(16)9-7-14-10-6-8(2)4-5-15(10)11(9)13/h4-7,13H,3H2,1-2H3. The van der Waals surface area contributed by atoms with Gasteiger partial charge in [-0.1, -0.05) is 0 Å². The number of rotatable bonds is 2. The second-order valence-corrected chi connectivity index (χ2v) is 3.67. The highest BCUT2D eigenvalue weighted by Crippen LogP contribution is 2.03. The predicted molar refractivity (Wildman–Crippen MR) is 61.7 cm³/mol. The number of nitrogens with one attached hydrogen (secondary N) is 1. The first-order chi connectivity index (χ1) is 8.13. The lowest BCUT2D eigenvalue weighted by Crippen LogP contribution is -2.24. The molecule has 0 aliphatic carbocycles. The molecular weight excluding hydrogens is 218 g/mol. The van der Waals surface area contributed by atoms with E-state index >= 15 is 0 Å². The molecule has 0 saturated heterocycles. The summed E-state index contributed by atoms with van der Waals surface area (Å²) in [5.41, 5.74) is 1.96. The van der Waals surface area contributed by atoms with Gasteiger partial charge in [-0.3, -0.25) is 9.81 Å². The lowest BCUT2D eigenvalue weighted by atomic mass is 10.3. The minimum Gasteiger partial charge on any atom is -0.462 e. The summed E-state index contributed by atoms with van der Waals surface area (Å²) < 4.78 is 6.42. The zero-order valence-electron chi connectivity index (χ0n) is 9.73. The van der Waals surface area contributed by atoms with Crippen molar-refractivity contribution in [2.75, 3.05) is 6.61 Å². The van der Waals surface area contributed by atoms with Crippen LogP contribution < -0.4 is 5.49 Å². The molecule has 1 N–H and O–H groups in total. The lowest BCUT2D eigenvalue weighted by molar-refractivity contribution is 0.0523. The van der Waals surface area contributed by atoms with E-state index in [0.29, 0.717) is 5.65 Å². The van der Waals surface area contributed by atoms with Crippen LogP contribution in [0.25, 0.3) is 5.65 Å². The molecule has 0 atom stereocenters. The van der Waals surface area contributed by atoms with Gasteiger partial charge in [-0.25, -0.2) is 9.78 Å². The molecule has 2 aromatic heterocycles. The van der Waals surface area contributed by atoms with E-state index in [4.69, 9.17) is 10.1 Å². The maximum atomic E-state index is 11.6. The van der Waals surface area contributed by atoms with Gasteiger partial charge in [0, 0.05) is 12.4 Å².